The molecule has 0 radical (unpaired) electrons. The van der Waals surface area contributed by atoms with Crippen molar-refractivity contribution in [1.29, 1.82) is 0 Å². The lowest BCUT2D eigenvalue weighted by Crippen LogP contribution is -2.46. The Morgan fingerprint density at radius 2 is 2.00 bits per heavy atom. The van der Waals surface area contributed by atoms with E-state index in [1.807, 2.05) is 26.8 Å². The molecule has 0 aromatic carbocycles. The molecule has 1 aromatic rings. The van der Waals surface area contributed by atoms with E-state index in [2.05, 4.69) is 9.88 Å². The molecule has 0 spiro atoms. The Hall–Kier alpha value is -1.49. The number of halogens is 1. The lowest BCUT2D eigenvalue weighted by molar-refractivity contribution is 0.0561. The smallest absolute Gasteiger partial charge is 0.416 e. The molecule has 0 unspecified atom stereocenters. The van der Waals surface area contributed by atoms with E-state index in [0.717, 1.165) is 31.6 Å². The van der Waals surface area contributed by atoms with Gasteiger partial charge in [-0.2, -0.15) is 0 Å². The summed E-state index contributed by atoms with van der Waals surface area (Å²) in [6.07, 6.45) is 1.51. The summed E-state index contributed by atoms with van der Waals surface area (Å²) < 4.78 is 5.57. The lowest BCUT2D eigenvalue weighted by Gasteiger charge is -2.32. The summed E-state index contributed by atoms with van der Waals surface area (Å²) >= 11 is 6.04. The van der Waals surface area contributed by atoms with E-state index in [-0.39, 0.29) is 12.1 Å². The topological polar surface area (TPSA) is 45.7 Å². The Kier molecular flexibility index (Phi) is 3.48. The highest BCUT2D eigenvalue weighted by Crippen LogP contribution is 2.39. The van der Waals surface area contributed by atoms with Crippen LogP contribution in [0.25, 0.3) is 0 Å². The standard InChI is InChI=1S/C15H20ClN3O2/c1-15(2,3)21-14(20)19-10-6-8-18(9-7-10)11-4-5-12(16)17-13(11)19/h4-5,10H,6-9H2,1-3H3. The molecule has 0 atom stereocenters. The summed E-state index contributed by atoms with van der Waals surface area (Å²) in [6, 6.07) is 3.84. The van der Waals surface area contributed by atoms with Crippen molar-refractivity contribution in [2.24, 2.45) is 0 Å². The van der Waals surface area contributed by atoms with Gasteiger partial charge < -0.3 is 9.64 Å². The molecule has 114 valence electrons. The molecule has 4 heterocycles. The Balaban J connectivity index is 2.03. The van der Waals surface area contributed by atoms with Crippen LogP contribution in [-0.4, -0.2) is 35.8 Å². The first kappa shape index (κ1) is 14.4. The first-order valence-corrected chi connectivity index (χ1v) is 7.67. The minimum atomic E-state index is -0.527. The van der Waals surface area contributed by atoms with Crippen LogP contribution in [0.2, 0.25) is 5.15 Å². The van der Waals surface area contributed by atoms with Gasteiger partial charge in [0.05, 0.1) is 5.69 Å². The molecule has 1 amide bonds. The number of piperidine rings is 1. The number of carbonyl (C=O) groups excluding carboxylic acids is 1. The predicted octanol–water partition coefficient (Wildman–Crippen LogP) is 3.46. The molecule has 4 rings (SSSR count). The van der Waals surface area contributed by atoms with E-state index >= 15 is 0 Å². The number of fused-ring (bicyclic) bond motifs is 2. The summed E-state index contributed by atoms with van der Waals surface area (Å²) in [4.78, 5) is 21.0. The number of aromatic nitrogens is 1. The van der Waals surface area contributed by atoms with Gasteiger partial charge in [-0.25, -0.2) is 9.78 Å². The van der Waals surface area contributed by atoms with Gasteiger partial charge >= 0.3 is 6.09 Å². The number of rotatable bonds is 0. The SMILES string of the molecule is CC(C)(C)OC(=O)N1c2nc(Cl)ccc2N2CCC1CC2. The van der Waals surface area contributed by atoms with Gasteiger partial charge in [0.15, 0.2) is 5.82 Å². The zero-order valence-corrected chi connectivity index (χ0v) is 13.4. The van der Waals surface area contributed by atoms with E-state index in [9.17, 15) is 4.79 Å². The van der Waals surface area contributed by atoms with Gasteiger partial charge in [-0.15, -0.1) is 0 Å². The fourth-order valence-corrected chi connectivity index (χ4v) is 3.07. The number of pyridine rings is 1. The normalized spacial score (nSPS) is 18.5. The molecular formula is C15H20ClN3O2. The zero-order valence-electron chi connectivity index (χ0n) is 12.6. The van der Waals surface area contributed by atoms with Gasteiger partial charge in [0.2, 0.25) is 0 Å². The number of nitrogens with zero attached hydrogens (tertiary/aromatic N) is 3. The molecule has 0 N–H and O–H groups in total. The Morgan fingerprint density at radius 3 is 2.62 bits per heavy atom. The second-order valence-corrected chi connectivity index (χ2v) is 6.93. The summed E-state index contributed by atoms with van der Waals surface area (Å²) in [5.74, 6) is 0.622. The summed E-state index contributed by atoms with van der Waals surface area (Å²) in [6.45, 7) is 7.47. The average molecular weight is 310 g/mol. The Bertz CT molecular complexity index is 563. The summed E-state index contributed by atoms with van der Waals surface area (Å²) in [5, 5.41) is 0.393. The molecule has 0 aliphatic carbocycles. The van der Waals surface area contributed by atoms with Crippen molar-refractivity contribution in [2.45, 2.75) is 45.3 Å². The molecule has 5 nitrogen and oxygen atoms in total. The lowest BCUT2D eigenvalue weighted by atomic mass is 10.1. The number of hydrogen-bond donors (Lipinski definition) is 0. The third kappa shape index (κ3) is 2.79. The zero-order chi connectivity index (χ0) is 15.2. The van der Waals surface area contributed by atoms with Gasteiger partial charge in [0, 0.05) is 19.1 Å². The van der Waals surface area contributed by atoms with Gasteiger partial charge in [-0.05, 0) is 45.7 Å². The maximum absolute atomic E-state index is 12.6. The first-order valence-electron chi connectivity index (χ1n) is 7.29. The van der Waals surface area contributed by atoms with E-state index in [1.165, 1.54) is 0 Å². The highest BCUT2D eigenvalue weighted by atomic mass is 35.5. The largest absolute Gasteiger partial charge is 0.443 e. The fraction of sp³-hybridized carbons (Fsp3) is 0.600. The van der Waals surface area contributed by atoms with Crippen LogP contribution < -0.4 is 9.80 Å². The molecule has 21 heavy (non-hydrogen) atoms. The van der Waals surface area contributed by atoms with E-state index in [0.29, 0.717) is 11.0 Å². The first-order chi connectivity index (χ1) is 9.85. The second kappa shape index (κ2) is 5.05. The van der Waals surface area contributed by atoms with Crippen molar-refractivity contribution in [3.05, 3.63) is 17.3 Å². The molecule has 1 aromatic heterocycles. The number of anilines is 2. The van der Waals surface area contributed by atoms with Gasteiger partial charge in [0.1, 0.15) is 10.8 Å². The van der Waals surface area contributed by atoms with Crippen molar-refractivity contribution in [3.8, 4) is 0 Å². The Labute approximate surface area is 129 Å². The van der Waals surface area contributed by atoms with E-state index in [1.54, 1.807) is 11.0 Å². The molecule has 3 aliphatic rings. The van der Waals surface area contributed by atoms with E-state index in [4.69, 9.17) is 16.3 Å². The summed E-state index contributed by atoms with van der Waals surface area (Å²) in [5.41, 5.74) is 0.436. The van der Waals surface area contributed by atoms with Crippen molar-refractivity contribution < 1.29 is 9.53 Å². The van der Waals surface area contributed by atoms with Crippen molar-refractivity contribution >= 4 is 29.2 Å². The molecule has 1 fully saturated rings. The molecule has 6 heteroatoms. The second-order valence-electron chi connectivity index (χ2n) is 6.55. The minimum absolute atomic E-state index is 0.128. The maximum Gasteiger partial charge on any atom is 0.416 e. The van der Waals surface area contributed by atoms with Crippen LogP contribution in [0.1, 0.15) is 33.6 Å². The number of carbonyl (C=O) groups is 1. The van der Waals surface area contributed by atoms with Gasteiger partial charge in [-0.3, -0.25) is 4.90 Å². The van der Waals surface area contributed by atoms with Gasteiger partial charge in [0.25, 0.3) is 0 Å². The minimum Gasteiger partial charge on any atom is -0.443 e. The quantitative estimate of drug-likeness (QED) is 0.689. The monoisotopic (exact) mass is 309 g/mol. The van der Waals surface area contributed by atoms with Crippen molar-refractivity contribution in [1.82, 2.24) is 4.98 Å². The van der Waals surface area contributed by atoms with E-state index < -0.39 is 5.60 Å². The molecule has 0 saturated carbocycles. The van der Waals surface area contributed by atoms with Gasteiger partial charge in [-0.1, -0.05) is 11.6 Å². The predicted molar refractivity (Wildman–Crippen MR) is 83.2 cm³/mol. The number of amides is 1. The number of ether oxygens (including phenoxy) is 1. The van der Waals surface area contributed by atoms with Crippen LogP contribution in [0.4, 0.5) is 16.3 Å². The maximum atomic E-state index is 12.6. The molecular weight excluding hydrogens is 290 g/mol. The molecule has 1 saturated heterocycles. The van der Waals surface area contributed by atoms with Crippen LogP contribution in [0.15, 0.2) is 12.1 Å². The molecule has 2 bridgehead atoms. The van der Waals surface area contributed by atoms with Crippen LogP contribution in [-0.2, 0) is 4.74 Å². The van der Waals surface area contributed by atoms with Crippen molar-refractivity contribution in [3.63, 3.8) is 0 Å². The Morgan fingerprint density at radius 1 is 1.33 bits per heavy atom. The highest BCUT2D eigenvalue weighted by Gasteiger charge is 2.38. The fourth-order valence-electron chi connectivity index (χ4n) is 2.93. The third-order valence-corrected chi connectivity index (χ3v) is 4.02. The average Bonchev–Trinajstić information content (AvgIpc) is 2.61. The third-order valence-electron chi connectivity index (χ3n) is 3.81. The van der Waals surface area contributed by atoms with Crippen LogP contribution in [0.5, 0.6) is 0 Å². The summed E-state index contributed by atoms with van der Waals surface area (Å²) in [7, 11) is 0. The molecule has 3 aliphatic heterocycles. The van der Waals surface area contributed by atoms with Crippen LogP contribution in [0.3, 0.4) is 0 Å². The van der Waals surface area contributed by atoms with Crippen LogP contribution >= 0.6 is 11.6 Å². The van der Waals surface area contributed by atoms with Crippen LogP contribution in [0, 0.1) is 0 Å². The number of hydrogen-bond acceptors (Lipinski definition) is 4. The highest BCUT2D eigenvalue weighted by molar-refractivity contribution is 6.29. The van der Waals surface area contributed by atoms with Crippen molar-refractivity contribution in [2.75, 3.05) is 22.9 Å².